The monoisotopic (exact) mass is 339 g/mol. The molecule has 1 aromatic heterocycles. The Balaban J connectivity index is 2.21. The van der Waals surface area contributed by atoms with Crippen LogP contribution in [0.1, 0.15) is 35.8 Å². The summed E-state index contributed by atoms with van der Waals surface area (Å²) in [6.07, 6.45) is 0. The maximum Gasteiger partial charge on any atom is 0.123 e. The molecular weight excluding hydrogens is 322 g/mol. The highest BCUT2D eigenvalue weighted by atomic mass is 79.9. The molecule has 0 saturated carbocycles. The molecule has 4 heteroatoms. The van der Waals surface area contributed by atoms with Crippen LogP contribution in [0.5, 0.6) is 5.75 Å². The van der Waals surface area contributed by atoms with Gasteiger partial charge in [-0.05, 0) is 58.1 Å². The molecule has 0 fully saturated rings. The number of ether oxygens (including phenoxy) is 1. The molecule has 0 bridgehead atoms. The average molecular weight is 340 g/mol. The summed E-state index contributed by atoms with van der Waals surface area (Å²) in [5.41, 5.74) is 9.03. The quantitative estimate of drug-likeness (QED) is 0.786. The molecule has 102 valence electrons. The van der Waals surface area contributed by atoms with Gasteiger partial charge in [-0.25, -0.2) is 0 Å². The van der Waals surface area contributed by atoms with Crippen LogP contribution >= 0.6 is 27.3 Å². The Morgan fingerprint density at radius 3 is 2.63 bits per heavy atom. The predicted molar refractivity (Wildman–Crippen MR) is 86.0 cm³/mol. The van der Waals surface area contributed by atoms with Crippen LogP contribution in [0.15, 0.2) is 28.1 Å². The summed E-state index contributed by atoms with van der Waals surface area (Å²) in [6.45, 7) is 6.91. The SMILES string of the molecule is Cc1cc(OCc2cc(Br)cs2)c(C(C)C)cc1N. The van der Waals surface area contributed by atoms with Gasteiger partial charge in [-0.15, -0.1) is 11.3 Å². The topological polar surface area (TPSA) is 35.2 Å². The Labute approximate surface area is 126 Å². The maximum absolute atomic E-state index is 5.98. The van der Waals surface area contributed by atoms with Crippen molar-refractivity contribution in [3.05, 3.63) is 44.1 Å². The lowest BCUT2D eigenvalue weighted by atomic mass is 9.99. The number of anilines is 1. The van der Waals surface area contributed by atoms with Crippen LogP contribution in [0.3, 0.4) is 0 Å². The van der Waals surface area contributed by atoms with Gasteiger partial charge in [-0.2, -0.15) is 0 Å². The van der Waals surface area contributed by atoms with Crippen LogP contribution in [-0.2, 0) is 6.61 Å². The Kier molecular flexibility index (Phi) is 4.53. The second-order valence-corrected chi connectivity index (χ2v) is 6.83. The molecule has 0 radical (unpaired) electrons. The molecule has 1 aromatic carbocycles. The normalized spacial score (nSPS) is 11.0. The molecule has 0 atom stereocenters. The minimum Gasteiger partial charge on any atom is -0.488 e. The molecule has 2 nitrogen and oxygen atoms in total. The van der Waals surface area contributed by atoms with E-state index in [1.165, 1.54) is 10.4 Å². The van der Waals surface area contributed by atoms with E-state index in [1.807, 2.05) is 19.1 Å². The molecule has 0 aliphatic heterocycles. The fraction of sp³-hybridized carbons (Fsp3) is 0.333. The van der Waals surface area contributed by atoms with Crippen molar-refractivity contribution in [1.29, 1.82) is 0 Å². The molecule has 0 aliphatic rings. The van der Waals surface area contributed by atoms with Gasteiger partial charge in [-0.3, -0.25) is 0 Å². The lowest BCUT2D eigenvalue weighted by molar-refractivity contribution is 0.305. The van der Waals surface area contributed by atoms with Crippen molar-refractivity contribution in [2.24, 2.45) is 0 Å². The van der Waals surface area contributed by atoms with Gasteiger partial charge in [0.1, 0.15) is 12.4 Å². The van der Waals surface area contributed by atoms with Gasteiger partial charge in [0.05, 0.1) is 0 Å². The van der Waals surface area contributed by atoms with Crippen molar-refractivity contribution in [3.63, 3.8) is 0 Å². The molecule has 0 amide bonds. The van der Waals surface area contributed by atoms with Crippen molar-refractivity contribution in [2.45, 2.75) is 33.3 Å². The first kappa shape index (κ1) is 14.4. The van der Waals surface area contributed by atoms with Crippen molar-refractivity contribution in [2.75, 3.05) is 5.73 Å². The van der Waals surface area contributed by atoms with Crippen LogP contribution < -0.4 is 10.5 Å². The number of hydrogen-bond acceptors (Lipinski definition) is 3. The highest BCUT2D eigenvalue weighted by Crippen LogP contribution is 2.32. The van der Waals surface area contributed by atoms with Crippen molar-refractivity contribution < 1.29 is 4.74 Å². The minimum absolute atomic E-state index is 0.396. The van der Waals surface area contributed by atoms with Gasteiger partial charge in [0.25, 0.3) is 0 Å². The molecule has 0 saturated heterocycles. The van der Waals surface area contributed by atoms with Crippen LogP contribution in [0.25, 0.3) is 0 Å². The summed E-state index contributed by atoms with van der Waals surface area (Å²) in [5.74, 6) is 1.33. The first-order chi connectivity index (χ1) is 8.97. The van der Waals surface area contributed by atoms with E-state index in [-0.39, 0.29) is 0 Å². The van der Waals surface area contributed by atoms with E-state index in [9.17, 15) is 0 Å². The Bertz CT molecular complexity index is 578. The fourth-order valence-corrected chi connectivity index (χ4v) is 3.23. The number of benzene rings is 1. The molecular formula is C15H18BrNOS. The van der Waals surface area contributed by atoms with E-state index >= 15 is 0 Å². The molecule has 19 heavy (non-hydrogen) atoms. The molecule has 1 heterocycles. The summed E-state index contributed by atoms with van der Waals surface area (Å²) >= 11 is 5.15. The molecule has 0 spiro atoms. The minimum atomic E-state index is 0.396. The molecule has 0 unspecified atom stereocenters. The van der Waals surface area contributed by atoms with Gasteiger partial charge in [0.15, 0.2) is 0 Å². The second-order valence-electron chi connectivity index (χ2n) is 4.92. The van der Waals surface area contributed by atoms with Crippen molar-refractivity contribution in [1.82, 2.24) is 0 Å². The highest BCUT2D eigenvalue weighted by Gasteiger charge is 2.11. The molecule has 2 aromatic rings. The predicted octanol–water partition coefficient (Wildman–Crippen LogP) is 5.10. The van der Waals surface area contributed by atoms with Crippen molar-refractivity contribution in [3.8, 4) is 5.75 Å². The van der Waals surface area contributed by atoms with E-state index < -0.39 is 0 Å². The molecule has 2 rings (SSSR count). The summed E-state index contributed by atoms with van der Waals surface area (Å²) in [5, 5.41) is 2.07. The highest BCUT2D eigenvalue weighted by molar-refractivity contribution is 9.10. The zero-order chi connectivity index (χ0) is 14.0. The van der Waals surface area contributed by atoms with Gasteiger partial charge in [0.2, 0.25) is 0 Å². The Hall–Kier alpha value is -1.00. The second kappa shape index (κ2) is 5.97. The summed E-state index contributed by atoms with van der Waals surface area (Å²) in [4.78, 5) is 1.20. The number of thiophene rings is 1. The zero-order valence-electron chi connectivity index (χ0n) is 11.4. The Morgan fingerprint density at radius 2 is 2.05 bits per heavy atom. The smallest absolute Gasteiger partial charge is 0.123 e. The number of nitrogens with two attached hydrogens (primary N) is 1. The van der Waals surface area contributed by atoms with Crippen LogP contribution in [0, 0.1) is 6.92 Å². The number of halogens is 1. The van der Waals surface area contributed by atoms with Crippen LogP contribution in [0.4, 0.5) is 5.69 Å². The van der Waals surface area contributed by atoms with Gasteiger partial charge < -0.3 is 10.5 Å². The summed E-state index contributed by atoms with van der Waals surface area (Å²) < 4.78 is 7.07. The first-order valence-electron chi connectivity index (χ1n) is 6.23. The van der Waals surface area contributed by atoms with Crippen LogP contribution in [-0.4, -0.2) is 0 Å². The third-order valence-corrected chi connectivity index (χ3v) is 4.68. The van der Waals surface area contributed by atoms with Gasteiger partial charge >= 0.3 is 0 Å². The fourth-order valence-electron chi connectivity index (χ4n) is 1.87. The average Bonchev–Trinajstić information content (AvgIpc) is 2.76. The van der Waals surface area contributed by atoms with E-state index in [2.05, 4.69) is 41.2 Å². The van der Waals surface area contributed by atoms with E-state index in [1.54, 1.807) is 11.3 Å². The Morgan fingerprint density at radius 1 is 1.32 bits per heavy atom. The number of hydrogen-bond donors (Lipinski definition) is 1. The third kappa shape index (κ3) is 3.51. The molecule has 2 N–H and O–H groups in total. The number of aryl methyl sites for hydroxylation is 1. The van der Waals surface area contributed by atoms with Gasteiger partial charge in [0, 0.05) is 20.4 Å². The van der Waals surface area contributed by atoms with E-state index in [0.717, 1.165) is 21.5 Å². The lowest BCUT2D eigenvalue weighted by Gasteiger charge is -2.16. The number of nitrogen functional groups attached to an aromatic ring is 1. The van der Waals surface area contributed by atoms with E-state index in [4.69, 9.17) is 10.5 Å². The standard InChI is InChI=1S/C15H18BrNOS/c1-9(2)13-6-14(17)10(3)4-15(13)18-7-12-5-11(16)8-19-12/h4-6,8-9H,7,17H2,1-3H3. The summed E-state index contributed by atoms with van der Waals surface area (Å²) in [7, 11) is 0. The zero-order valence-corrected chi connectivity index (χ0v) is 13.8. The van der Waals surface area contributed by atoms with E-state index in [0.29, 0.717) is 12.5 Å². The van der Waals surface area contributed by atoms with Gasteiger partial charge in [-0.1, -0.05) is 13.8 Å². The number of rotatable bonds is 4. The first-order valence-corrected chi connectivity index (χ1v) is 7.90. The maximum atomic E-state index is 5.98. The van der Waals surface area contributed by atoms with Crippen LogP contribution in [0.2, 0.25) is 0 Å². The van der Waals surface area contributed by atoms with Crippen molar-refractivity contribution >= 4 is 33.0 Å². The third-order valence-electron chi connectivity index (χ3n) is 3.01. The summed E-state index contributed by atoms with van der Waals surface area (Å²) in [6, 6.07) is 6.15. The molecule has 0 aliphatic carbocycles. The largest absolute Gasteiger partial charge is 0.488 e. The lowest BCUT2D eigenvalue weighted by Crippen LogP contribution is -2.01.